The first-order valence-electron chi connectivity index (χ1n) is 3.09. The van der Waals surface area contributed by atoms with Crippen LogP contribution in [-0.2, 0) is 9.53 Å². The molecule has 0 aromatic rings. The summed E-state index contributed by atoms with van der Waals surface area (Å²) in [5.74, 6) is -0.398. The topological polar surface area (TPSA) is 50.2 Å². The lowest BCUT2D eigenvalue weighted by Gasteiger charge is -1.97. The van der Waals surface area contributed by atoms with Crippen molar-refractivity contribution < 1.29 is 9.53 Å². The molecular weight excluding hydrogens is 130 g/mol. The van der Waals surface area contributed by atoms with E-state index in [0.29, 0.717) is 19.4 Å². The van der Waals surface area contributed by atoms with Crippen molar-refractivity contribution >= 4 is 12.2 Å². The minimum absolute atomic E-state index is 0.375. The second-order valence-corrected chi connectivity index (χ2v) is 1.72. The van der Waals surface area contributed by atoms with Crippen molar-refractivity contribution in [3.05, 3.63) is 12.7 Å². The molecule has 10 heavy (non-hydrogen) atoms. The summed E-state index contributed by atoms with van der Waals surface area (Å²) < 4.78 is 4.63. The molecule has 0 aliphatic carbocycles. The molecule has 0 fully saturated rings. The molecule has 0 heterocycles. The van der Waals surface area contributed by atoms with Gasteiger partial charge in [0.1, 0.15) is 0 Å². The normalized spacial score (nSPS) is 8.40. The number of rotatable bonds is 5. The fourth-order valence-corrected chi connectivity index (χ4v) is 0.417. The third-order valence-corrected chi connectivity index (χ3v) is 0.904. The summed E-state index contributed by atoms with van der Waals surface area (Å²) in [6.07, 6.45) is 3.79. The zero-order chi connectivity index (χ0) is 7.82. The van der Waals surface area contributed by atoms with Crippen LogP contribution in [0.1, 0.15) is 12.8 Å². The molecule has 0 unspecified atom stereocenters. The van der Waals surface area contributed by atoms with Gasteiger partial charge in [-0.25, -0.2) is 4.79 Å². The zero-order valence-electron chi connectivity index (χ0n) is 5.80. The van der Waals surface area contributed by atoms with Crippen LogP contribution in [-0.4, -0.2) is 18.8 Å². The number of hydrogen-bond donors (Lipinski definition) is 1. The van der Waals surface area contributed by atoms with Crippen molar-refractivity contribution in [3.8, 4) is 0 Å². The summed E-state index contributed by atoms with van der Waals surface area (Å²) in [6.45, 7) is 3.62. The van der Waals surface area contributed by atoms with E-state index in [4.69, 9.17) is 5.41 Å². The van der Waals surface area contributed by atoms with E-state index in [9.17, 15) is 4.79 Å². The standard InChI is InChI=1S/C7H11NO2/c1-2-7(9)10-6-4-3-5-8/h2,5,8H,1,3-4,6H2. The minimum atomic E-state index is -0.398. The van der Waals surface area contributed by atoms with Gasteiger partial charge in [-0.3, -0.25) is 0 Å². The van der Waals surface area contributed by atoms with E-state index in [1.54, 1.807) is 0 Å². The SMILES string of the molecule is C=CC(=O)OCCCC=N. The molecule has 0 aliphatic rings. The van der Waals surface area contributed by atoms with Gasteiger partial charge in [-0.2, -0.15) is 0 Å². The molecule has 56 valence electrons. The molecule has 0 aromatic heterocycles. The number of hydrogen-bond acceptors (Lipinski definition) is 3. The quantitative estimate of drug-likeness (QED) is 0.270. The fourth-order valence-electron chi connectivity index (χ4n) is 0.417. The Morgan fingerprint density at radius 2 is 2.40 bits per heavy atom. The lowest BCUT2D eigenvalue weighted by atomic mass is 10.3. The summed E-state index contributed by atoms with van der Waals surface area (Å²) in [4.78, 5) is 10.4. The lowest BCUT2D eigenvalue weighted by Crippen LogP contribution is -2.01. The van der Waals surface area contributed by atoms with Gasteiger partial charge in [-0.15, -0.1) is 0 Å². The van der Waals surface area contributed by atoms with Gasteiger partial charge in [0, 0.05) is 6.08 Å². The van der Waals surface area contributed by atoms with E-state index in [0.717, 1.165) is 6.08 Å². The first-order chi connectivity index (χ1) is 4.81. The number of nitrogens with one attached hydrogen (secondary N) is 1. The molecule has 0 atom stereocenters. The second kappa shape index (κ2) is 6.01. The Balaban J connectivity index is 3.11. The average Bonchev–Trinajstić information content (AvgIpc) is 1.98. The summed E-state index contributed by atoms with van der Waals surface area (Å²) in [5.41, 5.74) is 0. The summed E-state index contributed by atoms with van der Waals surface area (Å²) in [5, 5.41) is 6.65. The Bertz CT molecular complexity index is 132. The van der Waals surface area contributed by atoms with Gasteiger partial charge in [0.15, 0.2) is 0 Å². The van der Waals surface area contributed by atoms with Crippen LogP contribution in [0.4, 0.5) is 0 Å². The van der Waals surface area contributed by atoms with Crippen LogP contribution >= 0.6 is 0 Å². The molecule has 0 radical (unpaired) electrons. The number of carbonyl (C=O) groups excluding carboxylic acids is 1. The van der Waals surface area contributed by atoms with Crippen molar-refractivity contribution in [2.75, 3.05) is 6.61 Å². The third-order valence-electron chi connectivity index (χ3n) is 0.904. The van der Waals surface area contributed by atoms with Crippen LogP contribution < -0.4 is 0 Å². The van der Waals surface area contributed by atoms with Crippen molar-refractivity contribution in [1.29, 1.82) is 5.41 Å². The molecule has 0 aromatic carbocycles. The van der Waals surface area contributed by atoms with Gasteiger partial charge in [-0.05, 0) is 19.1 Å². The Morgan fingerprint density at radius 3 is 2.90 bits per heavy atom. The molecule has 0 saturated heterocycles. The summed E-state index contributed by atoms with van der Waals surface area (Å²) in [7, 11) is 0. The highest BCUT2D eigenvalue weighted by atomic mass is 16.5. The maximum atomic E-state index is 10.4. The highest BCUT2D eigenvalue weighted by molar-refractivity contribution is 5.81. The number of ether oxygens (including phenoxy) is 1. The predicted octanol–water partition coefficient (Wildman–Crippen LogP) is 1.15. The zero-order valence-corrected chi connectivity index (χ0v) is 5.80. The predicted molar refractivity (Wildman–Crippen MR) is 39.2 cm³/mol. The van der Waals surface area contributed by atoms with Crippen LogP contribution in [0.25, 0.3) is 0 Å². The Hall–Kier alpha value is -1.12. The monoisotopic (exact) mass is 141 g/mol. The highest BCUT2D eigenvalue weighted by Gasteiger charge is 1.92. The van der Waals surface area contributed by atoms with E-state index in [1.807, 2.05) is 0 Å². The molecule has 0 spiro atoms. The molecule has 3 nitrogen and oxygen atoms in total. The van der Waals surface area contributed by atoms with Crippen LogP contribution in [0, 0.1) is 5.41 Å². The van der Waals surface area contributed by atoms with Crippen LogP contribution in [0.2, 0.25) is 0 Å². The maximum Gasteiger partial charge on any atom is 0.330 e. The van der Waals surface area contributed by atoms with Gasteiger partial charge in [0.25, 0.3) is 0 Å². The second-order valence-electron chi connectivity index (χ2n) is 1.72. The van der Waals surface area contributed by atoms with Gasteiger partial charge in [0.05, 0.1) is 6.61 Å². The van der Waals surface area contributed by atoms with E-state index in [2.05, 4.69) is 11.3 Å². The van der Waals surface area contributed by atoms with Gasteiger partial charge >= 0.3 is 5.97 Å². The van der Waals surface area contributed by atoms with E-state index in [1.165, 1.54) is 6.21 Å². The fraction of sp³-hybridized carbons (Fsp3) is 0.429. The molecule has 0 rings (SSSR count). The number of carbonyl (C=O) groups is 1. The highest BCUT2D eigenvalue weighted by Crippen LogP contribution is 1.87. The van der Waals surface area contributed by atoms with E-state index in [-0.39, 0.29) is 0 Å². The number of unbranched alkanes of at least 4 members (excludes halogenated alkanes) is 1. The molecule has 0 bridgehead atoms. The van der Waals surface area contributed by atoms with Gasteiger partial charge < -0.3 is 10.1 Å². The molecule has 0 aliphatic heterocycles. The summed E-state index contributed by atoms with van der Waals surface area (Å²) >= 11 is 0. The maximum absolute atomic E-state index is 10.4. The Morgan fingerprint density at radius 1 is 1.70 bits per heavy atom. The van der Waals surface area contributed by atoms with Crippen molar-refractivity contribution in [3.63, 3.8) is 0 Å². The first kappa shape index (κ1) is 8.88. The van der Waals surface area contributed by atoms with E-state index >= 15 is 0 Å². The molecule has 0 amide bonds. The van der Waals surface area contributed by atoms with Crippen LogP contribution in [0.15, 0.2) is 12.7 Å². The Kier molecular flexibility index (Phi) is 5.33. The van der Waals surface area contributed by atoms with Crippen molar-refractivity contribution in [2.45, 2.75) is 12.8 Å². The van der Waals surface area contributed by atoms with Crippen molar-refractivity contribution in [2.24, 2.45) is 0 Å². The largest absolute Gasteiger partial charge is 0.463 e. The molecule has 1 N–H and O–H groups in total. The van der Waals surface area contributed by atoms with Gasteiger partial charge in [0.2, 0.25) is 0 Å². The van der Waals surface area contributed by atoms with Crippen molar-refractivity contribution in [1.82, 2.24) is 0 Å². The third kappa shape index (κ3) is 5.03. The van der Waals surface area contributed by atoms with Crippen LogP contribution in [0.5, 0.6) is 0 Å². The van der Waals surface area contributed by atoms with E-state index < -0.39 is 5.97 Å². The van der Waals surface area contributed by atoms with Crippen LogP contribution in [0.3, 0.4) is 0 Å². The number of esters is 1. The molecule has 0 saturated carbocycles. The first-order valence-corrected chi connectivity index (χ1v) is 3.09. The van der Waals surface area contributed by atoms with Gasteiger partial charge in [-0.1, -0.05) is 6.58 Å². The minimum Gasteiger partial charge on any atom is -0.463 e. The molecule has 3 heteroatoms. The Labute approximate surface area is 60.2 Å². The smallest absolute Gasteiger partial charge is 0.330 e. The lowest BCUT2D eigenvalue weighted by molar-refractivity contribution is -0.137. The molecular formula is C7H11NO2. The average molecular weight is 141 g/mol. The summed E-state index contributed by atoms with van der Waals surface area (Å²) in [6, 6.07) is 0.